The summed E-state index contributed by atoms with van der Waals surface area (Å²) in [6.45, 7) is -0.122. The van der Waals surface area contributed by atoms with Crippen LogP contribution in [0.15, 0.2) is 89.7 Å². The number of aromatic amines is 1. The van der Waals surface area contributed by atoms with E-state index in [2.05, 4.69) is 10.3 Å². The lowest BCUT2D eigenvalue weighted by molar-refractivity contribution is -0.118. The number of carbonyl (C=O) groups excluding carboxylic acids is 1. The van der Waals surface area contributed by atoms with Gasteiger partial charge in [0, 0.05) is 17.8 Å². The Bertz CT molecular complexity index is 1170. The van der Waals surface area contributed by atoms with Crippen molar-refractivity contribution in [3.05, 3.63) is 95.3 Å². The van der Waals surface area contributed by atoms with Gasteiger partial charge in [-0.1, -0.05) is 42.5 Å². The lowest BCUT2D eigenvalue weighted by atomic mass is 10.1. The average Bonchev–Trinajstić information content (AvgIpc) is 2.73. The fourth-order valence-electron chi connectivity index (χ4n) is 2.94. The maximum atomic E-state index is 12.2. The minimum atomic E-state index is -0.255. The number of fused-ring (bicyclic) bond motifs is 1. The summed E-state index contributed by atoms with van der Waals surface area (Å²) >= 11 is 0. The first-order valence-corrected chi connectivity index (χ1v) is 8.89. The van der Waals surface area contributed by atoms with Crippen molar-refractivity contribution in [3.63, 3.8) is 0 Å². The topological polar surface area (TPSA) is 71.2 Å². The smallest absolute Gasteiger partial charge is 0.262 e. The van der Waals surface area contributed by atoms with E-state index < -0.39 is 0 Å². The molecule has 0 fully saturated rings. The number of ether oxygens (including phenoxy) is 1. The summed E-state index contributed by atoms with van der Waals surface area (Å²) in [5.74, 6) is 0.262. The van der Waals surface area contributed by atoms with Crippen LogP contribution in [-0.2, 0) is 4.79 Å². The summed E-state index contributed by atoms with van der Waals surface area (Å²) in [5, 5.41) is 3.71. The molecule has 0 bridgehead atoms. The first-order chi connectivity index (χ1) is 13.7. The molecule has 1 heterocycles. The van der Waals surface area contributed by atoms with Gasteiger partial charge in [-0.05, 0) is 46.8 Å². The first-order valence-electron chi connectivity index (χ1n) is 8.89. The van der Waals surface area contributed by atoms with Crippen LogP contribution in [0, 0.1) is 0 Å². The fourth-order valence-corrected chi connectivity index (χ4v) is 2.94. The Morgan fingerprint density at radius 3 is 2.36 bits per heavy atom. The van der Waals surface area contributed by atoms with Gasteiger partial charge in [0.25, 0.3) is 5.91 Å². The van der Waals surface area contributed by atoms with Crippen LogP contribution in [-0.4, -0.2) is 17.5 Å². The molecular weight excluding hydrogens is 352 g/mol. The number of carbonyl (C=O) groups is 1. The van der Waals surface area contributed by atoms with Gasteiger partial charge >= 0.3 is 0 Å². The SMILES string of the molecule is O=C(COc1ccc2ccc(=O)[nH]c2c1)Nc1ccc(-c2ccccc2)cc1. The molecule has 0 aliphatic heterocycles. The molecule has 0 aliphatic rings. The van der Waals surface area contributed by atoms with Crippen molar-refractivity contribution in [2.24, 2.45) is 0 Å². The van der Waals surface area contributed by atoms with Crippen LogP contribution in [0.4, 0.5) is 5.69 Å². The van der Waals surface area contributed by atoms with Crippen LogP contribution in [0.1, 0.15) is 0 Å². The summed E-state index contributed by atoms with van der Waals surface area (Å²) in [4.78, 5) is 26.3. The van der Waals surface area contributed by atoms with Gasteiger partial charge in [0.1, 0.15) is 5.75 Å². The number of hydrogen-bond acceptors (Lipinski definition) is 3. The summed E-state index contributed by atoms with van der Waals surface area (Å²) in [5.41, 5.74) is 3.40. The van der Waals surface area contributed by atoms with Gasteiger partial charge in [-0.15, -0.1) is 0 Å². The molecule has 4 aromatic rings. The minimum absolute atomic E-state index is 0.122. The molecule has 5 nitrogen and oxygen atoms in total. The Hall–Kier alpha value is -3.86. The molecule has 0 radical (unpaired) electrons. The van der Waals surface area contributed by atoms with E-state index in [-0.39, 0.29) is 18.1 Å². The van der Waals surface area contributed by atoms with Gasteiger partial charge < -0.3 is 15.0 Å². The first kappa shape index (κ1) is 17.5. The molecule has 0 saturated carbocycles. The number of aromatic nitrogens is 1. The van der Waals surface area contributed by atoms with Gasteiger partial charge in [0.05, 0.1) is 5.52 Å². The zero-order valence-electron chi connectivity index (χ0n) is 15.0. The molecule has 0 unspecified atom stereocenters. The van der Waals surface area contributed by atoms with E-state index in [1.807, 2.05) is 60.7 Å². The summed E-state index contributed by atoms with van der Waals surface area (Å²) in [7, 11) is 0. The monoisotopic (exact) mass is 370 g/mol. The second kappa shape index (κ2) is 7.80. The van der Waals surface area contributed by atoms with Crippen molar-refractivity contribution in [1.29, 1.82) is 0 Å². The third-order valence-electron chi connectivity index (χ3n) is 4.34. The molecule has 0 spiro atoms. The van der Waals surface area contributed by atoms with Crippen molar-refractivity contribution in [2.45, 2.75) is 0 Å². The van der Waals surface area contributed by atoms with Crippen LogP contribution < -0.4 is 15.6 Å². The highest BCUT2D eigenvalue weighted by Crippen LogP contribution is 2.21. The van der Waals surface area contributed by atoms with E-state index >= 15 is 0 Å². The summed E-state index contributed by atoms with van der Waals surface area (Å²) in [6, 6.07) is 26.2. The molecule has 0 aliphatic carbocycles. The molecular formula is C23H18N2O3. The Balaban J connectivity index is 1.37. The minimum Gasteiger partial charge on any atom is -0.484 e. The summed E-state index contributed by atoms with van der Waals surface area (Å²) in [6.07, 6.45) is 0. The second-order valence-electron chi connectivity index (χ2n) is 6.35. The van der Waals surface area contributed by atoms with E-state index in [1.165, 1.54) is 6.07 Å². The Labute approximate surface area is 161 Å². The number of benzene rings is 3. The largest absolute Gasteiger partial charge is 0.484 e. The third-order valence-corrected chi connectivity index (χ3v) is 4.34. The maximum Gasteiger partial charge on any atom is 0.262 e. The Morgan fingerprint density at radius 2 is 1.57 bits per heavy atom. The molecule has 1 aromatic heterocycles. The van der Waals surface area contributed by atoms with Gasteiger partial charge in [-0.25, -0.2) is 0 Å². The van der Waals surface area contributed by atoms with E-state index in [0.29, 0.717) is 17.0 Å². The molecule has 0 atom stereocenters. The van der Waals surface area contributed by atoms with Gasteiger partial charge in [0.15, 0.2) is 6.61 Å². The number of anilines is 1. The highest BCUT2D eigenvalue weighted by atomic mass is 16.5. The molecule has 5 heteroatoms. The highest BCUT2D eigenvalue weighted by molar-refractivity contribution is 5.92. The van der Waals surface area contributed by atoms with E-state index in [1.54, 1.807) is 18.2 Å². The second-order valence-corrected chi connectivity index (χ2v) is 6.35. The molecule has 28 heavy (non-hydrogen) atoms. The predicted molar refractivity (Wildman–Crippen MR) is 111 cm³/mol. The zero-order chi connectivity index (χ0) is 19.3. The standard InChI is InChI=1S/C23H18N2O3/c26-22-13-9-18-8-12-20(14-21(18)25-22)28-15-23(27)24-19-10-6-17(7-11-19)16-4-2-1-3-5-16/h1-14H,15H2,(H,24,27)(H,25,26). The molecule has 3 aromatic carbocycles. The van der Waals surface area contributed by atoms with Crippen molar-refractivity contribution >= 4 is 22.5 Å². The van der Waals surface area contributed by atoms with Crippen LogP contribution in [0.2, 0.25) is 0 Å². The highest BCUT2D eigenvalue weighted by Gasteiger charge is 2.05. The third kappa shape index (κ3) is 4.10. The van der Waals surface area contributed by atoms with Gasteiger partial charge in [0.2, 0.25) is 5.56 Å². The molecule has 138 valence electrons. The van der Waals surface area contributed by atoms with Crippen LogP contribution in [0.3, 0.4) is 0 Å². The van der Waals surface area contributed by atoms with Crippen LogP contribution >= 0.6 is 0 Å². The van der Waals surface area contributed by atoms with Crippen molar-refractivity contribution in [2.75, 3.05) is 11.9 Å². The maximum absolute atomic E-state index is 12.2. The molecule has 4 rings (SSSR count). The van der Waals surface area contributed by atoms with Crippen molar-refractivity contribution < 1.29 is 9.53 Å². The van der Waals surface area contributed by atoms with E-state index in [4.69, 9.17) is 4.74 Å². The number of nitrogens with one attached hydrogen (secondary N) is 2. The van der Waals surface area contributed by atoms with Gasteiger partial charge in [-0.3, -0.25) is 9.59 Å². The molecule has 0 saturated heterocycles. The number of pyridine rings is 1. The molecule has 2 N–H and O–H groups in total. The van der Waals surface area contributed by atoms with Crippen molar-refractivity contribution in [3.8, 4) is 16.9 Å². The molecule has 1 amide bonds. The number of rotatable bonds is 5. The van der Waals surface area contributed by atoms with E-state index in [0.717, 1.165) is 16.5 Å². The van der Waals surface area contributed by atoms with Crippen molar-refractivity contribution in [1.82, 2.24) is 4.98 Å². The fraction of sp³-hybridized carbons (Fsp3) is 0.0435. The average molecular weight is 370 g/mol. The van der Waals surface area contributed by atoms with Gasteiger partial charge in [-0.2, -0.15) is 0 Å². The van der Waals surface area contributed by atoms with Crippen LogP contribution in [0.5, 0.6) is 5.75 Å². The lowest BCUT2D eigenvalue weighted by Crippen LogP contribution is -2.20. The number of amides is 1. The zero-order valence-corrected chi connectivity index (χ0v) is 15.0. The van der Waals surface area contributed by atoms with Crippen LogP contribution in [0.25, 0.3) is 22.0 Å². The number of H-pyrrole nitrogens is 1. The number of hydrogen-bond donors (Lipinski definition) is 2. The van der Waals surface area contributed by atoms with E-state index in [9.17, 15) is 9.59 Å². The Morgan fingerprint density at radius 1 is 0.857 bits per heavy atom. The summed E-state index contributed by atoms with van der Waals surface area (Å²) < 4.78 is 5.55. The predicted octanol–water partition coefficient (Wildman–Crippen LogP) is 4.21. The Kier molecular flexibility index (Phi) is 4.89. The lowest BCUT2D eigenvalue weighted by Gasteiger charge is -2.09. The quantitative estimate of drug-likeness (QED) is 0.553. The normalized spacial score (nSPS) is 10.6.